The second-order valence-electron chi connectivity index (χ2n) is 4.15. The molecule has 0 aliphatic heterocycles. The highest BCUT2D eigenvalue weighted by molar-refractivity contribution is 9.10. The minimum atomic E-state index is -0.956. The van der Waals surface area contributed by atoms with Crippen LogP contribution in [-0.4, -0.2) is 16.1 Å². The van der Waals surface area contributed by atoms with Crippen molar-refractivity contribution in [3.8, 4) is 0 Å². The van der Waals surface area contributed by atoms with Gasteiger partial charge in [-0.25, -0.2) is 4.79 Å². The second kappa shape index (κ2) is 5.84. The summed E-state index contributed by atoms with van der Waals surface area (Å²) in [6.45, 7) is 1.96. The summed E-state index contributed by atoms with van der Waals surface area (Å²) in [6.07, 6.45) is 3.47. The minimum absolute atomic E-state index is 0.0204. The van der Waals surface area contributed by atoms with Crippen LogP contribution in [0.4, 0.5) is 5.69 Å². The first kappa shape index (κ1) is 13.5. The first-order valence-electron chi connectivity index (χ1n) is 5.77. The van der Waals surface area contributed by atoms with E-state index in [1.54, 1.807) is 24.5 Å². The quantitative estimate of drug-likeness (QED) is 0.901. The van der Waals surface area contributed by atoms with Crippen LogP contribution in [0.1, 0.15) is 28.9 Å². The van der Waals surface area contributed by atoms with E-state index in [1.807, 2.05) is 25.1 Å². The van der Waals surface area contributed by atoms with E-state index in [0.29, 0.717) is 5.69 Å². The molecule has 1 aromatic heterocycles. The van der Waals surface area contributed by atoms with Crippen molar-refractivity contribution in [2.24, 2.45) is 0 Å². The Morgan fingerprint density at radius 3 is 2.84 bits per heavy atom. The average molecular weight is 321 g/mol. The molecule has 19 heavy (non-hydrogen) atoms. The zero-order valence-electron chi connectivity index (χ0n) is 10.3. The van der Waals surface area contributed by atoms with E-state index in [2.05, 4.69) is 26.2 Å². The Balaban J connectivity index is 2.26. The maximum Gasteiger partial charge on any atom is 0.337 e. The van der Waals surface area contributed by atoms with Crippen molar-refractivity contribution in [3.05, 3.63) is 58.3 Å². The fourth-order valence-electron chi connectivity index (χ4n) is 1.77. The molecule has 1 aromatic carbocycles. The zero-order valence-corrected chi connectivity index (χ0v) is 11.9. The van der Waals surface area contributed by atoms with E-state index in [0.717, 1.165) is 10.0 Å². The van der Waals surface area contributed by atoms with E-state index in [-0.39, 0.29) is 11.6 Å². The number of carboxylic acid groups (broad SMARTS) is 1. The van der Waals surface area contributed by atoms with E-state index in [9.17, 15) is 9.90 Å². The Kier molecular flexibility index (Phi) is 4.16. The Hall–Kier alpha value is -1.88. The number of aromatic carboxylic acids is 1. The number of nitrogens with one attached hydrogen (secondary N) is 1. The van der Waals surface area contributed by atoms with Gasteiger partial charge in [0.05, 0.1) is 11.6 Å². The summed E-state index contributed by atoms with van der Waals surface area (Å²) < 4.78 is 0.740. The standard InChI is InChI=1S/C14H13BrN2O2/c1-9(10-3-2-6-16-8-10)17-13-5-4-11(15)7-12(13)14(18)19/h2-9,17H,1H3,(H,18,19). The molecule has 2 rings (SSSR count). The van der Waals surface area contributed by atoms with Crippen LogP contribution in [-0.2, 0) is 0 Å². The van der Waals surface area contributed by atoms with Gasteiger partial charge < -0.3 is 10.4 Å². The average Bonchev–Trinajstić information content (AvgIpc) is 2.41. The molecule has 0 fully saturated rings. The van der Waals surface area contributed by atoms with Gasteiger partial charge in [0.25, 0.3) is 0 Å². The third kappa shape index (κ3) is 3.32. The number of pyridine rings is 1. The van der Waals surface area contributed by atoms with Crippen molar-refractivity contribution in [3.63, 3.8) is 0 Å². The van der Waals surface area contributed by atoms with Gasteiger partial charge in [-0.3, -0.25) is 4.98 Å². The van der Waals surface area contributed by atoms with Crippen LogP contribution in [0.5, 0.6) is 0 Å². The predicted molar refractivity (Wildman–Crippen MR) is 77.4 cm³/mol. The predicted octanol–water partition coefficient (Wildman–Crippen LogP) is 3.72. The van der Waals surface area contributed by atoms with Gasteiger partial charge in [-0.15, -0.1) is 0 Å². The number of rotatable bonds is 4. The summed E-state index contributed by atoms with van der Waals surface area (Å²) in [6, 6.07) is 8.93. The number of hydrogen-bond acceptors (Lipinski definition) is 3. The van der Waals surface area contributed by atoms with Gasteiger partial charge in [-0.1, -0.05) is 22.0 Å². The summed E-state index contributed by atoms with van der Waals surface area (Å²) in [7, 11) is 0. The number of halogens is 1. The van der Waals surface area contributed by atoms with Crippen LogP contribution in [0.15, 0.2) is 47.2 Å². The van der Waals surface area contributed by atoms with Gasteiger partial charge in [0.1, 0.15) is 0 Å². The van der Waals surface area contributed by atoms with Crippen molar-refractivity contribution in [1.82, 2.24) is 4.98 Å². The molecule has 2 aromatic rings. The molecule has 0 aliphatic rings. The van der Waals surface area contributed by atoms with Crippen molar-refractivity contribution in [2.75, 3.05) is 5.32 Å². The van der Waals surface area contributed by atoms with Crippen LogP contribution in [0.3, 0.4) is 0 Å². The van der Waals surface area contributed by atoms with Gasteiger partial charge in [-0.05, 0) is 36.8 Å². The number of nitrogens with zero attached hydrogens (tertiary/aromatic N) is 1. The molecular formula is C14H13BrN2O2. The van der Waals surface area contributed by atoms with Gasteiger partial charge in [0, 0.05) is 22.6 Å². The Labute approximate surface area is 119 Å². The number of carbonyl (C=O) groups is 1. The van der Waals surface area contributed by atoms with Gasteiger partial charge in [0.2, 0.25) is 0 Å². The van der Waals surface area contributed by atoms with E-state index in [4.69, 9.17) is 0 Å². The third-order valence-corrected chi connectivity index (χ3v) is 3.26. The molecule has 1 atom stereocenters. The third-order valence-electron chi connectivity index (χ3n) is 2.77. The number of benzene rings is 1. The van der Waals surface area contributed by atoms with Gasteiger partial charge >= 0.3 is 5.97 Å². The normalized spacial score (nSPS) is 11.9. The summed E-state index contributed by atoms with van der Waals surface area (Å²) in [4.78, 5) is 15.3. The highest BCUT2D eigenvalue weighted by atomic mass is 79.9. The maximum atomic E-state index is 11.2. The molecule has 1 unspecified atom stereocenters. The smallest absolute Gasteiger partial charge is 0.337 e. The molecule has 1 heterocycles. The second-order valence-corrected chi connectivity index (χ2v) is 5.06. The van der Waals surface area contributed by atoms with Crippen molar-refractivity contribution in [2.45, 2.75) is 13.0 Å². The van der Waals surface area contributed by atoms with Crippen molar-refractivity contribution < 1.29 is 9.90 Å². The molecule has 4 nitrogen and oxygen atoms in total. The zero-order chi connectivity index (χ0) is 13.8. The van der Waals surface area contributed by atoms with Gasteiger partial charge in [0.15, 0.2) is 0 Å². The topological polar surface area (TPSA) is 62.2 Å². The molecule has 2 N–H and O–H groups in total. The number of aromatic nitrogens is 1. The number of anilines is 1. The fraction of sp³-hybridized carbons (Fsp3) is 0.143. The lowest BCUT2D eigenvalue weighted by atomic mass is 10.1. The Morgan fingerprint density at radius 1 is 1.42 bits per heavy atom. The lowest BCUT2D eigenvalue weighted by molar-refractivity contribution is 0.0698. The molecule has 0 saturated carbocycles. The van der Waals surface area contributed by atoms with E-state index < -0.39 is 5.97 Å². The largest absolute Gasteiger partial charge is 0.478 e. The van der Waals surface area contributed by atoms with Crippen LogP contribution >= 0.6 is 15.9 Å². The Morgan fingerprint density at radius 2 is 2.21 bits per heavy atom. The number of carboxylic acids is 1. The molecule has 0 bridgehead atoms. The van der Waals surface area contributed by atoms with E-state index in [1.165, 1.54) is 0 Å². The summed E-state index contributed by atoms with van der Waals surface area (Å²) in [5, 5.41) is 12.4. The van der Waals surface area contributed by atoms with Crippen LogP contribution in [0.2, 0.25) is 0 Å². The fourth-order valence-corrected chi connectivity index (χ4v) is 2.13. The molecule has 0 radical (unpaired) electrons. The Bertz CT molecular complexity index is 587. The first-order valence-corrected chi connectivity index (χ1v) is 6.56. The lowest BCUT2D eigenvalue weighted by Crippen LogP contribution is -2.10. The molecule has 0 aliphatic carbocycles. The molecule has 5 heteroatoms. The molecule has 0 amide bonds. The highest BCUT2D eigenvalue weighted by Crippen LogP contribution is 2.25. The molecule has 0 spiro atoms. The summed E-state index contributed by atoms with van der Waals surface area (Å²) >= 11 is 3.27. The molecule has 0 saturated heterocycles. The van der Waals surface area contributed by atoms with Crippen LogP contribution in [0, 0.1) is 0 Å². The van der Waals surface area contributed by atoms with E-state index >= 15 is 0 Å². The number of hydrogen-bond donors (Lipinski definition) is 2. The SMILES string of the molecule is CC(Nc1ccc(Br)cc1C(=O)O)c1cccnc1. The van der Waals surface area contributed by atoms with Crippen molar-refractivity contribution in [1.29, 1.82) is 0 Å². The molecule has 98 valence electrons. The minimum Gasteiger partial charge on any atom is -0.478 e. The maximum absolute atomic E-state index is 11.2. The highest BCUT2D eigenvalue weighted by Gasteiger charge is 2.13. The monoisotopic (exact) mass is 320 g/mol. The first-order chi connectivity index (χ1) is 9.08. The van der Waals surface area contributed by atoms with Gasteiger partial charge in [-0.2, -0.15) is 0 Å². The van der Waals surface area contributed by atoms with Crippen molar-refractivity contribution >= 4 is 27.6 Å². The molecular weight excluding hydrogens is 308 g/mol. The summed E-state index contributed by atoms with van der Waals surface area (Å²) in [5.74, 6) is -0.956. The lowest BCUT2D eigenvalue weighted by Gasteiger charge is -2.17. The van der Waals surface area contributed by atoms with Crippen LogP contribution in [0.25, 0.3) is 0 Å². The van der Waals surface area contributed by atoms with Crippen LogP contribution < -0.4 is 5.32 Å². The summed E-state index contributed by atoms with van der Waals surface area (Å²) in [5.41, 5.74) is 1.83.